The molecular weight excluding hydrogens is 408 g/mol. The third-order valence-corrected chi connectivity index (χ3v) is 6.16. The highest BCUT2D eigenvalue weighted by Crippen LogP contribution is 2.21. The Morgan fingerprint density at radius 3 is 2.24 bits per heavy atom. The molecule has 3 aromatic rings. The second-order valence-corrected chi connectivity index (χ2v) is 8.49. The van der Waals surface area contributed by atoms with Gasteiger partial charge in [-0.15, -0.1) is 0 Å². The molecule has 0 bridgehead atoms. The summed E-state index contributed by atoms with van der Waals surface area (Å²) in [5, 5.41) is 3.17. The average molecular weight is 441 g/mol. The maximum absolute atomic E-state index is 13.3. The molecule has 1 heterocycles. The first-order valence-corrected chi connectivity index (χ1v) is 11.7. The van der Waals surface area contributed by atoms with Gasteiger partial charge in [0.1, 0.15) is 5.75 Å². The van der Waals surface area contributed by atoms with Crippen molar-refractivity contribution in [2.75, 3.05) is 20.2 Å². The van der Waals surface area contributed by atoms with Crippen LogP contribution in [0.25, 0.3) is 11.6 Å². The van der Waals surface area contributed by atoms with Crippen molar-refractivity contribution in [1.82, 2.24) is 10.2 Å². The molecule has 33 heavy (non-hydrogen) atoms. The van der Waals surface area contributed by atoms with Gasteiger partial charge in [-0.05, 0) is 66.4 Å². The number of nitrogens with one attached hydrogen (secondary N) is 1. The van der Waals surface area contributed by atoms with E-state index in [0.717, 1.165) is 36.5 Å². The van der Waals surface area contributed by atoms with Gasteiger partial charge < -0.3 is 10.1 Å². The van der Waals surface area contributed by atoms with Crippen molar-refractivity contribution in [3.05, 3.63) is 101 Å². The maximum Gasteiger partial charge on any atom is 0.252 e. The van der Waals surface area contributed by atoms with Crippen molar-refractivity contribution in [2.45, 2.75) is 32.4 Å². The minimum Gasteiger partial charge on any atom is -0.497 e. The van der Waals surface area contributed by atoms with E-state index >= 15 is 0 Å². The molecule has 4 nitrogen and oxygen atoms in total. The molecule has 0 spiro atoms. The Kier molecular flexibility index (Phi) is 7.94. The highest BCUT2D eigenvalue weighted by atomic mass is 16.5. The zero-order valence-corrected chi connectivity index (χ0v) is 19.3. The van der Waals surface area contributed by atoms with Crippen LogP contribution in [0.5, 0.6) is 5.75 Å². The van der Waals surface area contributed by atoms with Crippen LogP contribution >= 0.6 is 0 Å². The Bertz CT molecular complexity index is 1070. The van der Waals surface area contributed by atoms with E-state index in [-0.39, 0.29) is 5.91 Å². The van der Waals surface area contributed by atoms with Crippen LogP contribution in [-0.4, -0.2) is 31.0 Å². The van der Waals surface area contributed by atoms with E-state index in [1.807, 2.05) is 66.7 Å². The number of hydrogen-bond donors (Lipinski definition) is 1. The number of hydrogen-bond acceptors (Lipinski definition) is 3. The number of benzene rings is 3. The fourth-order valence-corrected chi connectivity index (χ4v) is 4.28. The molecule has 1 saturated heterocycles. The second-order valence-electron chi connectivity index (χ2n) is 8.49. The van der Waals surface area contributed by atoms with Crippen LogP contribution in [0.3, 0.4) is 0 Å². The van der Waals surface area contributed by atoms with Gasteiger partial charge in [0.25, 0.3) is 5.91 Å². The molecule has 4 rings (SSSR count). The number of ether oxygens (including phenoxy) is 1. The first-order chi connectivity index (χ1) is 16.2. The molecule has 0 aromatic heterocycles. The van der Waals surface area contributed by atoms with Gasteiger partial charge >= 0.3 is 0 Å². The van der Waals surface area contributed by atoms with E-state index < -0.39 is 0 Å². The fourth-order valence-electron chi connectivity index (χ4n) is 4.28. The summed E-state index contributed by atoms with van der Waals surface area (Å²) in [4.78, 5) is 15.8. The van der Waals surface area contributed by atoms with E-state index in [9.17, 15) is 4.79 Å². The number of rotatable bonds is 8. The largest absolute Gasteiger partial charge is 0.497 e. The van der Waals surface area contributed by atoms with Gasteiger partial charge in [0.05, 0.1) is 7.11 Å². The molecule has 1 aliphatic rings. The van der Waals surface area contributed by atoms with Crippen molar-refractivity contribution in [1.29, 1.82) is 0 Å². The van der Waals surface area contributed by atoms with Crippen molar-refractivity contribution < 1.29 is 9.53 Å². The van der Waals surface area contributed by atoms with Crippen molar-refractivity contribution in [2.24, 2.45) is 0 Å². The SMILES string of the molecule is COc1ccc(/C=C(/C(=O)NCc2ccccc2CN2CCCCC2)c2ccccc2)cc1. The molecule has 4 heteroatoms. The molecular formula is C29H32N2O2. The zero-order chi connectivity index (χ0) is 22.9. The summed E-state index contributed by atoms with van der Waals surface area (Å²) in [5.41, 5.74) is 4.96. The fraction of sp³-hybridized carbons (Fsp3) is 0.276. The monoisotopic (exact) mass is 440 g/mol. The highest BCUT2D eigenvalue weighted by Gasteiger charge is 2.15. The molecule has 1 N–H and O–H groups in total. The topological polar surface area (TPSA) is 41.6 Å². The number of piperidine rings is 1. The zero-order valence-electron chi connectivity index (χ0n) is 19.3. The number of carbonyl (C=O) groups excluding carboxylic acids is 1. The van der Waals surface area contributed by atoms with E-state index in [1.54, 1.807) is 7.11 Å². The molecule has 3 aromatic carbocycles. The van der Waals surface area contributed by atoms with Crippen LogP contribution in [0, 0.1) is 0 Å². The molecule has 0 atom stereocenters. The predicted octanol–water partition coefficient (Wildman–Crippen LogP) is 5.54. The molecule has 0 unspecified atom stereocenters. The lowest BCUT2D eigenvalue weighted by molar-refractivity contribution is -0.115. The third-order valence-electron chi connectivity index (χ3n) is 6.16. The lowest BCUT2D eigenvalue weighted by atomic mass is 10.0. The van der Waals surface area contributed by atoms with Gasteiger partial charge in [-0.3, -0.25) is 9.69 Å². The molecule has 170 valence electrons. The van der Waals surface area contributed by atoms with Crippen molar-refractivity contribution in [3.63, 3.8) is 0 Å². The van der Waals surface area contributed by atoms with E-state index in [2.05, 4.69) is 28.4 Å². The molecule has 1 aliphatic heterocycles. The summed E-state index contributed by atoms with van der Waals surface area (Å²) in [6, 6.07) is 26.0. The second kappa shape index (κ2) is 11.5. The van der Waals surface area contributed by atoms with Crippen LogP contribution in [0.4, 0.5) is 0 Å². The normalized spacial score (nSPS) is 14.6. The predicted molar refractivity (Wildman–Crippen MR) is 135 cm³/mol. The van der Waals surface area contributed by atoms with Crippen molar-refractivity contribution >= 4 is 17.6 Å². The lowest BCUT2D eigenvalue weighted by Gasteiger charge is -2.27. The smallest absolute Gasteiger partial charge is 0.252 e. The maximum atomic E-state index is 13.3. The number of likely N-dealkylation sites (tertiary alicyclic amines) is 1. The van der Waals surface area contributed by atoms with E-state index in [1.165, 1.54) is 30.4 Å². The Labute approximate surface area is 196 Å². The highest BCUT2D eigenvalue weighted by molar-refractivity contribution is 6.24. The molecule has 1 fully saturated rings. The van der Waals surface area contributed by atoms with Crippen LogP contribution in [-0.2, 0) is 17.9 Å². The summed E-state index contributed by atoms with van der Waals surface area (Å²) < 4.78 is 5.26. The van der Waals surface area contributed by atoms with Gasteiger partial charge in [-0.1, -0.05) is 73.2 Å². The first-order valence-electron chi connectivity index (χ1n) is 11.7. The quantitative estimate of drug-likeness (QED) is 0.369. The average Bonchev–Trinajstić information content (AvgIpc) is 2.88. The van der Waals surface area contributed by atoms with Crippen LogP contribution < -0.4 is 10.1 Å². The molecule has 0 radical (unpaired) electrons. The van der Waals surface area contributed by atoms with Crippen LogP contribution in [0.1, 0.15) is 41.5 Å². The van der Waals surface area contributed by atoms with Gasteiger partial charge in [-0.2, -0.15) is 0 Å². The van der Waals surface area contributed by atoms with Gasteiger partial charge in [0.2, 0.25) is 0 Å². The summed E-state index contributed by atoms with van der Waals surface area (Å²) in [7, 11) is 1.65. The Hall–Kier alpha value is -3.37. The summed E-state index contributed by atoms with van der Waals surface area (Å²) in [5.74, 6) is 0.716. The van der Waals surface area contributed by atoms with Crippen LogP contribution in [0.15, 0.2) is 78.9 Å². The Balaban J connectivity index is 1.51. The molecule has 1 amide bonds. The lowest BCUT2D eigenvalue weighted by Crippen LogP contribution is -2.30. The number of amides is 1. The van der Waals surface area contributed by atoms with E-state index in [0.29, 0.717) is 12.1 Å². The Morgan fingerprint density at radius 1 is 0.879 bits per heavy atom. The van der Waals surface area contributed by atoms with Gasteiger partial charge in [-0.25, -0.2) is 0 Å². The van der Waals surface area contributed by atoms with E-state index in [4.69, 9.17) is 4.74 Å². The van der Waals surface area contributed by atoms with Gasteiger partial charge in [0.15, 0.2) is 0 Å². The first kappa shape index (κ1) is 22.8. The van der Waals surface area contributed by atoms with Crippen LogP contribution in [0.2, 0.25) is 0 Å². The number of methoxy groups -OCH3 is 1. The summed E-state index contributed by atoms with van der Waals surface area (Å²) in [6.45, 7) is 3.77. The van der Waals surface area contributed by atoms with Crippen molar-refractivity contribution in [3.8, 4) is 5.75 Å². The minimum absolute atomic E-state index is 0.0789. The standard InChI is InChI=1S/C29H32N2O2/c1-33-27-16-14-23(15-17-27)20-28(24-10-4-2-5-11-24)29(32)30-21-25-12-6-7-13-26(25)22-31-18-8-3-9-19-31/h2,4-7,10-17,20H,3,8-9,18-19,21-22H2,1H3,(H,30,32)/b28-20+. The molecule has 0 aliphatic carbocycles. The summed E-state index contributed by atoms with van der Waals surface area (Å²) >= 11 is 0. The summed E-state index contributed by atoms with van der Waals surface area (Å²) in [6.07, 6.45) is 5.81. The minimum atomic E-state index is -0.0789. The number of carbonyl (C=O) groups is 1. The third kappa shape index (κ3) is 6.33. The van der Waals surface area contributed by atoms with Gasteiger partial charge in [0, 0.05) is 18.7 Å². The Morgan fingerprint density at radius 2 is 1.55 bits per heavy atom. The number of nitrogens with zero attached hydrogens (tertiary/aromatic N) is 1. The molecule has 0 saturated carbocycles.